The van der Waals surface area contributed by atoms with Gasteiger partial charge >= 0.3 is 5.97 Å². The summed E-state index contributed by atoms with van der Waals surface area (Å²) in [4.78, 5) is 26.0. The first-order valence-electron chi connectivity index (χ1n) is 5.77. The van der Waals surface area contributed by atoms with Crippen LogP contribution < -0.4 is 0 Å². The van der Waals surface area contributed by atoms with Gasteiger partial charge in [-0.3, -0.25) is 9.69 Å². The Morgan fingerprint density at radius 1 is 1.24 bits per heavy atom. The topological polar surface area (TPSA) is 49.9 Å². The van der Waals surface area contributed by atoms with Crippen LogP contribution in [0.4, 0.5) is 0 Å². The number of amides is 1. The number of likely N-dealkylation sites (N-methyl/N-ethyl adjacent to an activating group) is 2. The van der Waals surface area contributed by atoms with Crippen LogP contribution in [0.1, 0.15) is 13.8 Å². The summed E-state index contributed by atoms with van der Waals surface area (Å²) >= 11 is 0. The first-order chi connectivity index (χ1) is 8.01. The summed E-state index contributed by atoms with van der Waals surface area (Å²) in [6.07, 6.45) is 3.11. The molecule has 17 heavy (non-hydrogen) atoms. The van der Waals surface area contributed by atoms with E-state index in [1.54, 1.807) is 32.0 Å². The lowest BCUT2D eigenvalue weighted by molar-refractivity contribution is -0.137. The summed E-state index contributed by atoms with van der Waals surface area (Å²) < 4.78 is 4.76. The van der Waals surface area contributed by atoms with Gasteiger partial charge < -0.3 is 9.64 Å². The number of hydrogen-bond acceptors (Lipinski definition) is 4. The van der Waals surface area contributed by atoms with Crippen LogP contribution in [-0.2, 0) is 14.3 Å². The highest BCUT2D eigenvalue weighted by atomic mass is 16.5. The van der Waals surface area contributed by atoms with E-state index in [1.807, 2.05) is 11.8 Å². The summed E-state index contributed by atoms with van der Waals surface area (Å²) in [7, 11) is 3.45. The van der Waals surface area contributed by atoms with Gasteiger partial charge in [-0.2, -0.15) is 0 Å². The van der Waals surface area contributed by atoms with Crippen LogP contribution in [0.3, 0.4) is 0 Å². The fourth-order valence-corrected chi connectivity index (χ4v) is 1.13. The lowest BCUT2D eigenvalue weighted by Gasteiger charge is -2.20. The normalized spacial score (nSPS) is 10.9. The van der Waals surface area contributed by atoms with Crippen molar-refractivity contribution in [1.82, 2.24) is 9.80 Å². The quantitative estimate of drug-likeness (QED) is 0.482. The minimum atomic E-state index is -0.345. The maximum atomic E-state index is 11.5. The predicted octanol–water partition coefficient (Wildman–Crippen LogP) is 0.516. The molecule has 0 fully saturated rings. The van der Waals surface area contributed by atoms with Crippen LogP contribution in [0.5, 0.6) is 0 Å². The lowest BCUT2D eigenvalue weighted by Crippen LogP contribution is -2.36. The zero-order valence-corrected chi connectivity index (χ0v) is 11.1. The average molecular weight is 242 g/mol. The highest BCUT2D eigenvalue weighted by Crippen LogP contribution is 1.92. The summed E-state index contributed by atoms with van der Waals surface area (Å²) in [5.41, 5.74) is 0. The highest BCUT2D eigenvalue weighted by molar-refractivity contribution is 5.82. The second kappa shape index (κ2) is 8.75. The van der Waals surface area contributed by atoms with Crippen LogP contribution in [0.2, 0.25) is 0 Å². The molecule has 0 aromatic rings. The zero-order valence-electron chi connectivity index (χ0n) is 11.1. The van der Waals surface area contributed by atoms with E-state index in [0.717, 1.165) is 6.54 Å². The minimum absolute atomic E-state index is 0.0522. The third-order valence-corrected chi connectivity index (χ3v) is 2.21. The van der Waals surface area contributed by atoms with E-state index in [1.165, 1.54) is 6.08 Å². The molecule has 0 unspecified atom stereocenters. The number of carbonyl (C=O) groups excluding carboxylic acids is 2. The molecule has 0 aliphatic heterocycles. The summed E-state index contributed by atoms with van der Waals surface area (Å²) in [6.45, 7) is 5.79. The van der Waals surface area contributed by atoms with Crippen molar-refractivity contribution < 1.29 is 14.3 Å². The Labute approximate surface area is 103 Å². The molecule has 0 saturated heterocycles. The monoisotopic (exact) mass is 242 g/mol. The molecule has 0 radical (unpaired) electrons. The first kappa shape index (κ1) is 15.6. The van der Waals surface area contributed by atoms with Gasteiger partial charge in [-0.15, -0.1) is 0 Å². The highest BCUT2D eigenvalue weighted by Gasteiger charge is 2.09. The van der Waals surface area contributed by atoms with Gasteiger partial charge in [0.1, 0.15) is 0 Å². The minimum Gasteiger partial charge on any atom is -0.463 e. The van der Waals surface area contributed by atoms with Crippen molar-refractivity contribution in [3.63, 3.8) is 0 Å². The number of esters is 1. The van der Waals surface area contributed by atoms with Gasteiger partial charge in [0.15, 0.2) is 0 Å². The number of nitrogens with zero attached hydrogens (tertiary/aromatic N) is 2. The molecule has 0 bridgehead atoms. The smallest absolute Gasteiger partial charge is 0.330 e. The van der Waals surface area contributed by atoms with E-state index < -0.39 is 0 Å². The average Bonchev–Trinajstić information content (AvgIpc) is 2.27. The molecule has 98 valence electrons. The fourth-order valence-electron chi connectivity index (χ4n) is 1.13. The van der Waals surface area contributed by atoms with E-state index in [-0.39, 0.29) is 11.9 Å². The Hall–Kier alpha value is -1.36. The van der Waals surface area contributed by atoms with Gasteiger partial charge in [0, 0.05) is 26.7 Å². The van der Waals surface area contributed by atoms with Gasteiger partial charge in [0.25, 0.3) is 0 Å². The molecule has 0 spiro atoms. The van der Waals surface area contributed by atoms with E-state index >= 15 is 0 Å². The van der Waals surface area contributed by atoms with Gasteiger partial charge in [-0.1, -0.05) is 13.0 Å². The SMILES string of the molecule is CCOC(=O)/C=C/CN(CC)CC(=O)N(C)C. The second-order valence-corrected chi connectivity index (χ2v) is 3.77. The molecule has 0 saturated carbocycles. The lowest BCUT2D eigenvalue weighted by atomic mass is 10.4. The van der Waals surface area contributed by atoms with Crippen LogP contribution >= 0.6 is 0 Å². The molecule has 0 N–H and O–H groups in total. The van der Waals surface area contributed by atoms with Crippen LogP contribution in [0, 0.1) is 0 Å². The third-order valence-electron chi connectivity index (χ3n) is 2.21. The van der Waals surface area contributed by atoms with Crippen LogP contribution in [0.25, 0.3) is 0 Å². The molecule has 0 atom stereocenters. The molecule has 5 nitrogen and oxygen atoms in total. The maximum absolute atomic E-state index is 11.5. The number of ether oxygens (including phenoxy) is 1. The van der Waals surface area contributed by atoms with Crippen LogP contribution in [-0.4, -0.2) is 62.0 Å². The molecule has 0 heterocycles. The Balaban J connectivity index is 4.06. The predicted molar refractivity (Wildman–Crippen MR) is 66.6 cm³/mol. The molecule has 0 rings (SSSR count). The summed E-state index contributed by atoms with van der Waals surface area (Å²) in [5, 5.41) is 0. The third kappa shape index (κ3) is 7.52. The second-order valence-electron chi connectivity index (χ2n) is 3.77. The molecular weight excluding hydrogens is 220 g/mol. The molecule has 0 aromatic heterocycles. The summed E-state index contributed by atoms with van der Waals surface area (Å²) in [5.74, 6) is -0.293. The first-order valence-corrected chi connectivity index (χ1v) is 5.77. The maximum Gasteiger partial charge on any atom is 0.330 e. The molecular formula is C12H22N2O3. The van der Waals surface area contributed by atoms with Gasteiger partial charge in [0.05, 0.1) is 13.2 Å². The van der Waals surface area contributed by atoms with E-state index in [4.69, 9.17) is 4.74 Å². The Bertz CT molecular complexity index is 275. The molecule has 0 aliphatic rings. The Kier molecular flexibility index (Phi) is 8.05. The number of carbonyl (C=O) groups is 2. The zero-order chi connectivity index (χ0) is 13.3. The van der Waals surface area contributed by atoms with Crippen molar-refractivity contribution in [3.05, 3.63) is 12.2 Å². The summed E-state index contributed by atoms with van der Waals surface area (Å²) in [6, 6.07) is 0. The Morgan fingerprint density at radius 3 is 2.35 bits per heavy atom. The largest absolute Gasteiger partial charge is 0.463 e. The van der Waals surface area contributed by atoms with Gasteiger partial charge in [-0.25, -0.2) is 4.79 Å². The van der Waals surface area contributed by atoms with Crippen LogP contribution in [0.15, 0.2) is 12.2 Å². The van der Waals surface area contributed by atoms with Gasteiger partial charge in [0.2, 0.25) is 5.91 Å². The van der Waals surface area contributed by atoms with Crippen molar-refractivity contribution >= 4 is 11.9 Å². The fraction of sp³-hybridized carbons (Fsp3) is 0.667. The molecule has 0 aromatic carbocycles. The molecule has 0 aliphatic carbocycles. The number of hydrogen-bond donors (Lipinski definition) is 0. The standard InChI is InChI=1S/C12H22N2O3/c1-5-14(10-11(15)13(3)4)9-7-8-12(16)17-6-2/h7-8H,5-6,9-10H2,1-4H3/b8-7+. The van der Waals surface area contributed by atoms with Crippen molar-refractivity contribution in [2.75, 3.05) is 40.3 Å². The molecule has 1 amide bonds. The van der Waals surface area contributed by atoms with Gasteiger partial charge in [-0.05, 0) is 13.5 Å². The Morgan fingerprint density at radius 2 is 1.88 bits per heavy atom. The van der Waals surface area contributed by atoms with E-state index in [2.05, 4.69) is 0 Å². The van der Waals surface area contributed by atoms with Crippen molar-refractivity contribution in [2.45, 2.75) is 13.8 Å². The van der Waals surface area contributed by atoms with Crippen molar-refractivity contribution in [2.24, 2.45) is 0 Å². The van der Waals surface area contributed by atoms with E-state index in [9.17, 15) is 9.59 Å². The number of rotatable bonds is 7. The molecule has 5 heteroatoms. The van der Waals surface area contributed by atoms with Crippen molar-refractivity contribution in [1.29, 1.82) is 0 Å². The van der Waals surface area contributed by atoms with Crippen molar-refractivity contribution in [3.8, 4) is 0 Å². The van der Waals surface area contributed by atoms with E-state index in [0.29, 0.717) is 19.7 Å².